The standard InChI is InChI=1S/C29H33N5O4/c1-18(2)38-25-17-20(34-14-11-21(35)12-15-34)9-8-19(25)16-26-31-24-10-13-30-27(24)28(33-26)32-23-7-5-4-6-22(23)29(36)37-3/h4-10,13,17-18,21,30,35H,11-12,14-16H2,1-3H3,(H,31,32,33). The van der Waals surface area contributed by atoms with Crippen molar-refractivity contribution in [1.29, 1.82) is 0 Å². The number of aromatic amines is 1. The number of anilines is 3. The van der Waals surface area contributed by atoms with E-state index in [1.165, 1.54) is 7.11 Å². The van der Waals surface area contributed by atoms with Crippen molar-refractivity contribution < 1.29 is 19.4 Å². The van der Waals surface area contributed by atoms with Crippen molar-refractivity contribution in [1.82, 2.24) is 15.0 Å². The molecule has 0 amide bonds. The Morgan fingerprint density at radius 2 is 1.95 bits per heavy atom. The maximum absolute atomic E-state index is 12.3. The predicted molar refractivity (Wildman–Crippen MR) is 147 cm³/mol. The fraction of sp³-hybridized carbons (Fsp3) is 0.345. The molecule has 0 saturated carbocycles. The van der Waals surface area contributed by atoms with E-state index < -0.39 is 5.97 Å². The van der Waals surface area contributed by atoms with E-state index in [9.17, 15) is 9.90 Å². The van der Waals surface area contributed by atoms with Gasteiger partial charge in [0.2, 0.25) is 0 Å². The third-order valence-electron chi connectivity index (χ3n) is 6.63. The maximum Gasteiger partial charge on any atom is 0.339 e. The van der Waals surface area contributed by atoms with Gasteiger partial charge >= 0.3 is 5.97 Å². The first-order valence-corrected chi connectivity index (χ1v) is 12.9. The first-order chi connectivity index (χ1) is 18.4. The number of ether oxygens (including phenoxy) is 2. The Balaban J connectivity index is 1.47. The average molecular weight is 516 g/mol. The van der Waals surface area contributed by atoms with Crippen LogP contribution in [0.25, 0.3) is 11.0 Å². The molecule has 198 valence electrons. The number of H-pyrrole nitrogens is 1. The number of rotatable bonds is 8. The van der Waals surface area contributed by atoms with Gasteiger partial charge in [-0.2, -0.15) is 0 Å². The Hall–Kier alpha value is -4.11. The van der Waals surface area contributed by atoms with Crippen LogP contribution in [0.5, 0.6) is 5.75 Å². The molecule has 38 heavy (non-hydrogen) atoms. The number of para-hydroxylation sites is 1. The molecule has 1 saturated heterocycles. The Kier molecular flexibility index (Phi) is 7.46. The number of esters is 1. The summed E-state index contributed by atoms with van der Waals surface area (Å²) in [7, 11) is 1.36. The SMILES string of the molecule is COC(=O)c1ccccc1Nc1nc(Cc2ccc(N3CCC(O)CC3)cc2OC(C)C)nc2cc[nH]c12. The minimum Gasteiger partial charge on any atom is -0.491 e. The second-order valence-electron chi connectivity index (χ2n) is 9.74. The molecule has 0 aliphatic carbocycles. The Bertz CT molecular complexity index is 1430. The summed E-state index contributed by atoms with van der Waals surface area (Å²) in [6.07, 6.45) is 3.60. The van der Waals surface area contributed by atoms with Crippen molar-refractivity contribution in [2.45, 2.75) is 45.3 Å². The number of fused-ring (bicyclic) bond motifs is 1. The average Bonchev–Trinajstić information content (AvgIpc) is 3.39. The normalized spacial score (nSPS) is 14.2. The number of benzene rings is 2. The van der Waals surface area contributed by atoms with Crippen LogP contribution in [-0.4, -0.2) is 58.4 Å². The minimum absolute atomic E-state index is 0.00676. The maximum atomic E-state index is 12.3. The summed E-state index contributed by atoms with van der Waals surface area (Å²) in [4.78, 5) is 27.4. The van der Waals surface area contributed by atoms with Gasteiger partial charge in [0, 0.05) is 43.0 Å². The van der Waals surface area contributed by atoms with Gasteiger partial charge < -0.3 is 29.8 Å². The van der Waals surface area contributed by atoms with Crippen molar-refractivity contribution in [3.05, 3.63) is 71.7 Å². The van der Waals surface area contributed by atoms with E-state index in [0.717, 1.165) is 54.0 Å². The molecular formula is C29H33N5O4. The van der Waals surface area contributed by atoms with Crippen LogP contribution in [0.2, 0.25) is 0 Å². The molecule has 0 spiro atoms. The van der Waals surface area contributed by atoms with Crippen LogP contribution in [0.4, 0.5) is 17.2 Å². The third-order valence-corrected chi connectivity index (χ3v) is 6.63. The largest absolute Gasteiger partial charge is 0.491 e. The Morgan fingerprint density at radius 1 is 1.16 bits per heavy atom. The molecular weight excluding hydrogens is 482 g/mol. The molecule has 1 fully saturated rings. The summed E-state index contributed by atoms with van der Waals surface area (Å²) < 4.78 is 11.2. The molecule has 0 bridgehead atoms. The molecule has 9 heteroatoms. The van der Waals surface area contributed by atoms with E-state index >= 15 is 0 Å². The fourth-order valence-corrected chi connectivity index (χ4v) is 4.71. The van der Waals surface area contributed by atoms with Crippen molar-refractivity contribution in [3.63, 3.8) is 0 Å². The van der Waals surface area contributed by atoms with Crippen LogP contribution < -0.4 is 15.0 Å². The lowest BCUT2D eigenvalue weighted by Gasteiger charge is -2.32. The third kappa shape index (κ3) is 5.57. The number of nitrogens with one attached hydrogen (secondary N) is 2. The summed E-state index contributed by atoms with van der Waals surface area (Å²) in [5.74, 6) is 1.56. The van der Waals surface area contributed by atoms with E-state index in [1.807, 2.05) is 38.2 Å². The molecule has 3 heterocycles. The lowest BCUT2D eigenvalue weighted by Crippen LogP contribution is -2.35. The molecule has 2 aromatic carbocycles. The molecule has 1 aliphatic heterocycles. The quantitative estimate of drug-likeness (QED) is 0.286. The molecule has 5 rings (SSSR count). The molecule has 2 aromatic heterocycles. The fourth-order valence-electron chi connectivity index (χ4n) is 4.71. The lowest BCUT2D eigenvalue weighted by atomic mass is 10.0. The topological polar surface area (TPSA) is 113 Å². The van der Waals surface area contributed by atoms with Crippen molar-refractivity contribution in [3.8, 4) is 5.75 Å². The number of nitrogens with zero attached hydrogens (tertiary/aromatic N) is 3. The van der Waals surface area contributed by atoms with Crippen molar-refractivity contribution >= 4 is 34.2 Å². The van der Waals surface area contributed by atoms with Gasteiger partial charge in [-0.3, -0.25) is 0 Å². The van der Waals surface area contributed by atoms with Gasteiger partial charge in [0.25, 0.3) is 0 Å². The van der Waals surface area contributed by atoms with Crippen LogP contribution in [0.15, 0.2) is 54.7 Å². The number of aliphatic hydroxyl groups is 1. The highest BCUT2D eigenvalue weighted by Gasteiger charge is 2.20. The summed E-state index contributed by atoms with van der Waals surface area (Å²) in [5, 5.41) is 13.2. The van der Waals surface area contributed by atoms with E-state index in [2.05, 4.69) is 33.4 Å². The van der Waals surface area contributed by atoms with Gasteiger partial charge in [0.15, 0.2) is 5.82 Å². The number of piperidine rings is 1. The molecule has 0 unspecified atom stereocenters. The Labute approximate surface area is 221 Å². The molecule has 3 N–H and O–H groups in total. The second-order valence-corrected chi connectivity index (χ2v) is 9.74. The summed E-state index contributed by atoms with van der Waals surface area (Å²) >= 11 is 0. The number of methoxy groups -OCH3 is 1. The highest BCUT2D eigenvalue weighted by molar-refractivity contribution is 5.98. The summed E-state index contributed by atoms with van der Waals surface area (Å²) in [6.45, 7) is 5.65. The summed E-state index contributed by atoms with van der Waals surface area (Å²) in [5.41, 5.74) is 4.59. The van der Waals surface area contributed by atoms with Crippen LogP contribution >= 0.6 is 0 Å². The van der Waals surface area contributed by atoms with Crippen molar-refractivity contribution in [2.24, 2.45) is 0 Å². The predicted octanol–water partition coefficient (Wildman–Crippen LogP) is 4.83. The number of hydrogen-bond acceptors (Lipinski definition) is 8. The van der Waals surface area contributed by atoms with Gasteiger partial charge in [0.1, 0.15) is 17.1 Å². The zero-order chi connectivity index (χ0) is 26.6. The first kappa shape index (κ1) is 25.5. The van der Waals surface area contributed by atoms with E-state index in [0.29, 0.717) is 29.3 Å². The van der Waals surface area contributed by atoms with Crippen molar-refractivity contribution in [2.75, 3.05) is 30.4 Å². The van der Waals surface area contributed by atoms with Gasteiger partial charge in [-0.05, 0) is 51.0 Å². The van der Waals surface area contributed by atoms with Gasteiger partial charge in [-0.15, -0.1) is 0 Å². The van der Waals surface area contributed by atoms with Gasteiger partial charge in [-0.1, -0.05) is 18.2 Å². The van der Waals surface area contributed by atoms with Crippen LogP contribution in [0.1, 0.15) is 48.4 Å². The number of aliphatic hydroxyl groups excluding tert-OH is 1. The minimum atomic E-state index is -0.427. The number of hydrogen-bond donors (Lipinski definition) is 3. The molecule has 9 nitrogen and oxygen atoms in total. The second kappa shape index (κ2) is 11.1. The highest BCUT2D eigenvalue weighted by Crippen LogP contribution is 2.31. The number of aromatic nitrogens is 3. The zero-order valence-corrected chi connectivity index (χ0v) is 21.9. The van der Waals surface area contributed by atoms with E-state index in [1.54, 1.807) is 12.1 Å². The summed E-state index contributed by atoms with van der Waals surface area (Å²) in [6, 6.07) is 15.3. The van der Waals surface area contributed by atoms with Crippen LogP contribution in [0.3, 0.4) is 0 Å². The highest BCUT2D eigenvalue weighted by atomic mass is 16.5. The molecule has 1 aliphatic rings. The van der Waals surface area contributed by atoms with Crippen LogP contribution in [-0.2, 0) is 11.2 Å². The van der Waals surface area contributed by atoms with E-state index in [-0.39, 0.29) is 12.2 Å². The molecule has 0 radical (unpaired) electrons. The Morgan fingerprint density at radius 3 is 2.71 bits per heavy atom. The van der Waals surface area contributed by atoms with Gasteiger partial charge in [0.05, 0.1) is 36.1 Å². The zero-order valence-electron chi connectivity index (χ0n) is 21.9. The number of carbonyl (C=O) groups is 1. The molecule has 4 aromatic rings. The smallest absolute Gasteiger partial charge is 0.339 e. The molecule has 0 atom stereocenters. The monoisotopic (exact) mass is 515 g/mol. The van der Waals surface area contributed by atoms with Gasteiger partial charge in [-0.25, -0.2) is 14.8 Å². The lowest BCUT2D eigenvalue weighted by molar-refractivity contribution is 0.0602. The number of carbonyl (C=O) groups excluding carboxylic acids is 1. The van der Waals surface area contributed by atoms with Crippen LogP contribution in [0, 0.1) is 0 Å². The van der Waals surface area contributed by atoms with E-state index in [4.69, 9.17) is 19.4 Å². The first-order valence-electron chi connectivity index (χ1n) is 12.9.